The molecular weight excluding hydrogens is 295 g/mol. The van der Waals surface area contributed by atoms with Crippen LogP contribution in [0.25, 0.3) is 0 Å². The Labute approximate surface area is 126 Å². The van der Waals surface area contributed by atoms with Crippen molar-refractivity contribution < 1.29 is 18.0 Å². The van der Waals surface area contributed by atoms with Crippen LogP contribution in [0.1, 0.15) is 28.0 Å². The molecule has 1 aromatic heterocycles. The lowest BCUT2D eigenvalue weighted by Gasteiger charge is -2.21. The predicted octanol–water partition coefficient (Wildman–Crippen LogP) is 1.97. The molecule has 2 heterocycles. The molecule has 2 atom stereocenters. The topological polar surface area (TPSA) is 54.0 Å². The van der Waals surface area contributed by atoms with Crippen LogP contribution in [0.3, 0.4) is 0 Å². The number of nitrogens with one attached hydrogen (secondary N) is 2. The summed E-state index contributed by atoms with van der Waals surface area (Å²) in [6, 6.07) is 1.83. The van der Waals surface area contributed by atoms with Crippen LogP contribution < -0.4 is 10.6 Å². The average Bonchev–Trinajstić information content (AvgIpc) is 2.93. The number of nitrogens with zero attached hydrogens (tertiary/aromatic N) is 1. The molecule has 1 amide bonds. The van der Waals surface area contributed by atoms with Crippen LogP contribution >= 0.6 is 0 Å². The summed E-state index contributed by atoms with van der Waals surface area (Å²) < 4.78 is 39.7. The highest BCUT2D eigenvalue weighted by Crippen LogP contribution is 2.72. The molecule has 1 aromatic rings. The molecule has 3 rings (SSSR count). The molecule has 0 bridgehead atoms. The van der Waals surface area contributed by atoms with Crippen LogP contribution in [-0.2, 0) is 0 Å². The number of rotatable bonds is 3. The van der Waals surface area contributed by atoms with Gasteiger partial charge >= 0.3 is 6.18 Å². The van der Waals surface area contributed by atoms with Crippen LogP contribution in [0.5, 0.6) is 0 Å². The van der Waals surface area contributed by atoms with Crippen molar-refractivity contribution in [1.29, 1.82) is 0 Å². The molecule has 0 radical (unpaired) electrons. The molecule has 4 nitrogen and oxygen atoms in total. The standard InChI is InChI=1S/C15H18F3N3O/c1-9-3-10(2)11(20-4-9)12(22)21-7-13-5-14(13,8-19-6-13)15(16,17)18/h3-4,19H,5-8H2,1-2H3,(H,21,22)/t13-,14-/m1/s1. The SMILES string of the molecule is Cc1cnc(C(=O)NC[C@@]23CNC[C@]2(C(F)(F)F)C3)c(C)c1. The molecule has 2 N–H and O–H groups in total. The third-order valence-electron chi connectivity index (χ3n) is 4.98. The maximum absolute atomic E-state index is 13.2. The summed E-state index contributed by atoms with van der Waals surface area (Å²) in [5.74, 6) is -0.415. The van der Waals surface area contributed by atoms with Gasteiger partial charge in [0.2, 0.25) is 0 Å². The number of hydrogen-bond acceptors (Lipinski definition) is 3. The fourth-order valence-electron chi connectivity index (χ4n) is 3.61. The zero-order chi connectivity index (χ0) is 16.2. The first-order chi connectivity index (χ1) is 10.2. The van der Waals surface area contributed by atoms with E-state index < -0.39 is 22.9 Å². The van der Waals surface area contributed by atoms with Crippen LogP contribution in [0.2, 0.25) is 0 Å². The van der Waals surface area contributed by atoms with Crippen LogP contribution in [0.15, 0.2) is 12.3 Å². The van der Waals surface area contributed by atoms with E-state index in [2.05, 4.69) is 15.6 Å². The van der Waals surface area contributed by atoms with Gasteiger partial charge in [-0.3, -0.25) is 9.78 Å². The first-order valence-corrected chi connectivity index (χ1v) is 7.20. The van der Waals surface area contributed by atoms with Crippen molar-refractivity contribution in [2.75, 3.05) is 19.6 Å². The van der Waals surface area contributed by atoms with E-state index in [-0.39, 0.29) is 31.7 Å². The van der Waals surface area contributed by atoms with E-state index in [4.69, 9.17) is 0 Å². The van der Waals surface area contributed by atoms with Gasteiger partial charge in [-0.05, 0) is 31.4 Å². The number of carbonyl (C=O) groups is 1. The molecule has 1 saturated carbocycles. The lowest BCUT2D eigenvalue weighted by atomic mass is 9.95. The number of halogens is 3. The monoisotopic (exact) mass is 313 g/mol. The van der Waals surface area contributed by atoms with Gasteiger partial charge in [-0.15, -0.1) is 0 Å². The lowest BCUT2D eigenvalue weighted by Crippen LogP contribution is -2.38. The highest BCUT2D eigenvalue weighted by Gasteiger charge is 2.81. The van der Waals surface area contributed by atoms with Gasteiger partial charge in [0.25, 0.3) is 5.91 Å². The number of carbonyl (C=O) groups excluding carboxylic acids is 1. The fourth-order valence-corrected chi connectivity index (χ4v) is 3.61. The van der Waals surface area contributed by atoms with Gasteiger partial charge in [-0.2, -0.15) is 13.2 Å². The van der Waals surface area contributed by atoms with E-state index in [1.807, 2.05) is 13.0 Å². The van der Waals surface area contributed by atoms with Crippen molar-refractivity contribution in [1.82, 2.24) is 15.6 Å². The molecule has 1 aliphatic heterocycles. The van der Waals surface area contributed by atoms with Crippen molar-refractivity contribution in [3.63, 3.8) is 0 Å². The zero-order valence-electron chi connectivity index (χ0n) is 12.5. The predicted molar refractivity (Wildman–Crippen MR) is 74.5 cm³/mol. The number of amides is 1. The lowest BCUT2D eigenvalue weighted by molar-refractivity contribution is -0.190. The minimum atomic E-state index is -4.24. The van der Waals surface area contributed by atoms with Gasteiger partial charge in [-0.1, -0.05) is 6.07 Å². The van der Waals surface area contributed by atoms with E-state index >= 15 is 0 Å². The van der Waals surface area contributed by atoms with Crippen molar-refractivity contribution >= 4 is 5.91 Å². The fraction of sp³-hybridized carbons (Fsp3) is 0.600. The second kappa shape index (κ2) is 4.68. The third-order valence-corrected chi connectivity index (χ3v) is 4.98. The van der Waals surface area contributed by atoms with Crippen LogP contribution in [-0.4, -0.2) is 36.7 Å². The minimum Gasteiger partial charge on any atom is -0.350 e. The third kappa shape index (κ3) is 2.10. The normalized spacial score (nSPS) is 30.0. The maximum atomic E-state index is 13.2. The van der Waals surface area contributed by atoms with Crippen LogP contribution in [0.4, 0.5) is 13.2 Å². The Morgan fingerprint density at radius 1 is 1.41 bits per heavy atom. The highest BCUT2D eigenvalue weighted by molar-refractivity contribution is 5.93. The van der Waals surface area contributed by atoms with Gasteiger partial charge in [0.05, 0.1) is 5.41 Å². The molecule has 0 unspecified atom stereocenters. The number of hydrogen-bond donors (Lipinski definition) is 2. The number of fused-ring (bicyclic) bond motifs is 1. The molecule has 0 spiro atoms. The summed E-state index contributed by atoms with van der Waals surface area (Å²) in [6.07, 6.45) is -2.58. The largest absolute Gasteiger partial charge is 0.396 e. The van der Waals surface area contributed by atoms with E-state index in [1.54, 1.807) is 13.1 Å². The Balaban J connectivity index is 1.70. The molecule has 2 fully saturated rings. The minimum absolute atomic E-state index is 0.0212. The molecule has 1 saturated heterocycles. The van der Waals surface area contributed by atoms with E-state index in [0.29, 0.717) is 0 Å². The molecular formula is C15H18F3N3O. The van der Waals surface area contributed by atoms with E-state index in [9.17, 15) is 18.0 Å². The van der Waals surface area contributed by atoms with E-state index in [1.165, 1.54) is 0 Å². The van der Waals surface area contributed by atoms with Crippen molar-refractivity contribution in [2.24, 2.45) is 10.8 Å². The summed E-state index contributed by atoms with van der Waals surface area (Å²) >= 11 is 0. The number of aromatic nitrogens is 1. The Hall–Kier alpha value is -1.63. The van der Waals surface area contributed by atoms with Crippen molar-refractivity contribution in [2.45, 2.75) is 26.4 Å². The highest BCUT2D eigenvalue weighted by atomic mass is 19.4. The summed E-state index contributed by atoms with van der Waals surface area (Å²) in [6.45, 7) is 3.88. The van der Waals surface area contributed by atoms with Gasteiger partial charge in [0.15, 0.2) is 0 Å². The first kappa shape index (κ1) is 15.3. The summed E-state index contributed by atoms with van der Waals surface area (Å²) in [5, 5.41) is 5.44. The van der Waals surface area contributed by atoms with E-state index in [0.717, 1.165) is 11.1 Å². The molecule has 0 aromatic carbocycles. The number of piperidine rings is 1. The number of pyridine rings is 1. The number of aryl methyl sites for hydroxylation is 2. The Morgan fingerprint density at radius 3 is 2.73 bits per heavy atom. The van der Waals surface area contributed by atoms with Gasteiger partial charge < -0.3 is 10.6 Å². The molecule has 7 heteroatoms. The summed E-state index contributed by atoms with van der Waals surface area (Å²) in [4.78, 5) is 16.2. The molecule has 120 valence electrons. The summed E-state index contributed by atoms with van der Waals surface area (Å²) in [5.41, 5.74) is -0.655. The second-order valence-corrected chi connectivity index (χ2v) is 6.50. The zero-order valence-corrected chi connectivity index (χ0v) is 12.5. The molecule has 1 aliphatic carbocycles. The van der Waals surface area contributed by atoms with Gasteiger partial charge in [0, 0.05) is 31.2 Å². The average molecular weight is 313 g/mol. The molecule has 22 heavy (non-hydrogen) atoms. The Kier molecular flexibility index (Phi) is 3.25. The first-order valence-electron chi connectivity index (χ1n) is 7.20. The van der Waals surface area contributed by atoms with Crippen molar-refractivity contribution in [3.8, 4) is 0 Å². The Morgan fingerprint density at radius 2 is 2.14 bits per heavy atom. The smallest absolute Gasteiger partial charge is 0.350 e. The summed E-state index contributed by atoms with van der Waals surface area (Å²) in [7, 11) is 0. The Bertz CT molecular complexity index is 631. The van der Waals surface area contributed by atoms with Crippen molar-refractivity contribution in [3.05, 3.63) is 29.1 Å². The quantitative estimate of drug-likeness (QED) is 0.897. The number of alkyl halides is 3. The second-order valence-electron chi connectivity index (χ2n) is 6.50. The van der Waals surface area contributed by atoms with Gasteiger partial charge in [-0.25, -0.2) is 0 Å². The maximum Gasteiger partial charge on any atom is 0.396 e. The van der Waals surface area contributed by atoms with Crippen LogP contribution in [0, 0.1) is 24.7 Å². The van der Waals surface area contributed by atoms with Gasteiger partial charge in [0.1, 0.15) is 5.69 Å². The molecule has 2 aliphatic rings.